The number of urea groups is 1. The number of aryl methyl sites for hydroxylation is 4. The second kappa shape index (κ2) is 6.45. The lowest BCUT2D eigenvalue weighted by molar-refractivity contribution is 0.0584. The molecule has 3 N–H and O–H groups in total. The number of aromatic nitrogens is 1. The predicted octanol–water partition coefficient (Wildman–Crippen LogP) is 2.78. The molecule has 0 aromatic carbocycles. The summed E-state index contributed by atoms with van der Waals surface area (Å²) in [6.07, 6.45) is 0.627. The first-order valence-corrected chi connectivity index (χ1v) is 7.54. The molecule has 0 aliphatic heterocycles. The van der Waals surface area contributed by atoms with E-state index < -0.39 is 11.6 Å². The van der Waals surface area contributed by atoms with Crippen molar-refractivity contribution in [1.82, 2.24) is 10.5 Å². The van der Waals surface area contributed by atoms with Gasteiger partial charge in [-0.15, -0.1) is 0 Å². The van der Waals surface area contributed by atoms with Gasteiger partial charge in [-0.2, -0.15) is 0 Å². The van der Waals surface area contributed by atoms with Crippen molar-refractivity contribution < 1.29 is 18.8 Å². The fourth-order valence-corrected chi connectivity index (χ4v) is 2.49. The molecule has 0 bridgehead atoms. The molecule has 1 atom stereocenters. The summed E-state index contributed by atoms with van der Waals surface area (Å²) in [5.74, 6) is 1.97. The molecule has 0 saturated carbocycles. The average Bonchev–Trinajstić information content (AvgIpc) is 3.00. The van der Waals surface area contributed by atoms with E-state index in [-0.39, 0.29) is 6.54 Å². The average molecular weight is 321 g/mol. The summed E-state index contributed by atoms with van der Waals surface area (Å²) in [5.41, 5.74) is 0.618. The van der Waals surface area contributed by atoms with Crippen LogP contribution in [0.3, 0.4) is 0 Å². The molecule has 2 heterocycles. The number of amides is 2. The highest BCUT2D eigenvalue weighted by molar-refractivity contribution is 5.90. The van der Waals surface area contributed by atoms with Crippen LogP contribution < -0.4 is 10.6 Å². The lowest BCUT2D eigenvalue weighted by Crippen LogP contribution is -2.40. The molecule has 0 radical (unpaired) electrons. The van der Waals surface area contributed by atoms with E-state index in [1.807, 2.05) is 13.8 Å². The highest BCUT2D eigenvalue weighted by Crippen LogP contribution is 2.26. The Bertz CT molecular complexity index is 700. The predicted molar refractivity (Wildman–Crippen MR) is 85.4 cm³/mol. The van der Waals surface area contributed by atoms with E-state index in [1.165, 1.54) is 0 Å². The van der Waals surface area contributed by atoms with Gasteiger partial charge < -0.3 is 24.7 Å². The molecule has 2 aromatic heterocycles. The van der Waals surface area contributed by atoms with Crippen LogP contribution in [0.25, 0.3) is 0 Å². The van der Waals surface area contributed by atoms with Gasteiger partial charge in [-0.25, -0.2) is 4.79 Å². The maximum Gasteiger partial charge on any atom is 0.319 e. The minimum Gasteiger partial charge on any atom is -0.466 e. The molecule has 23 heavy (non-hydrogen) atoms. The Balaban J connectivity index is 2.01. The zero-order chi connectivity index (χ0) is 17.2. The Morgan fingerprint density at radius 1 is 1.39 bits per heavy atom. The van der Waals surface area contributed by atoms with E-state index >= 15 is 0 Å². The summed E-state index contributed by atoms with van der Waals surface area (Å²) >= 11 is 0. The number of anilines is 1. The summed E-state index contributed by atoms with van der Waals surface area (Å²) in [4.78, 5) is 12.1. The molecule has 126 valence electrons. The number of nitrogens with zero attached hydrogens (tertiary/aromatic N) is 1. The van der Waals surface area contributed by atoms with Crippen molar-refractivity contribution in [2.75, 3.05) is 11.9 Å². The smallest absolute Gasteiger partial charge is 0.319 e. The second-order valence-corrected chi connectivity index (χ2v) is 5.83. The molecule has 0 fully saturated rings. The van der Waals surface area contributed by atoms with Crippen molar-refractivity contribution in [3.05, 3.63) is 34.6 Å². The summed E-state index contributed by atoms with van der Waals surface area (Å²) in [6.45, 7) is 8.94. The van der Waals surface area contributed by atoms with Crippen molar-refractivity contribution in [1.29, 1.82) is 0 Å². The highest BCUT2D eigenvalue weighted by atomic mass is 16.5. The largest absolute Gasteiger partial charge is 0.466 e. The van der Waals surface area contributed by atoms with Gasteiger partial charge in [0.2, 0.25) is 0 Å². The van der Waals surface area contributed by atoms with Crippen LogP contribution in [0.2, 0.25) is 0 Å². The van der Waals surface area contributed by atoms with Crippen molar-refractivity contribution in [2.45, 2.75) is 46.6 Å². The molecule has 7 nitrogen and oxygen atoms in total. The number of rotatable bonds is 5. The van der Waals surface area contributed by atoms with Gasteiger partial charge in [0.15, 0.2) is 5.76 Å². The molecule has 0 saturated heterocycles. The maximum atomic E-state index is 12.1. The van der Waals surface area contributed by atoms with Crippen molar-refractivity contribution in [3.8, 4) is 0 Å². The zero-order valence-corrected chi connectivity index (χ0v) is 14.1. The van der Waals surface area contributed by atoms with Gasteiger partial charge in [0.05, 0.1) is 6.54 Å². The van der Waals surface area contributed by atoms with Gasteiger partial charge >= 0.3 is 6.03 Å². The Hall–Kier alpha value is -2.28. The SMILES string of the molecule is CCc1onc(C)c1NC(=O)NCC(C)(O)c1cc(C)oc1C. The molecule has 0 aliphatic rings. The van der Waals surface area contributed by atoms with E-state index in [9.17, 15) is 9.90 Å². The van der Waals surface area contributed by atoms with E-state index in [0.717, 1.165) is 5.76 Å². The van der Waals surface area contributed by atoms with Gasteiger partial charge in [-0.05, 0) is 33.8 Å². The first-order chi connectivity index (χ1) is 10.7. The van der Waals surface area contributed by atoms with Crippen LogP contribution in [-0.2, 0) is 12.0 Å². The van der Waals surface area contributed by atoms with Gasteiger partial charge in [0, 0.05) is 12.0 Å². The first kappa shape index (κ1) is 17.1. The van der Waals surface area contributed by atoms with Crippen LogP contribution >= 0.6 is 0 Å². The third-order valence-electron chi connectivity index (χ3n) is 3.71. The third-order valence-corrected chi connectivity index (χ3v) is 3.71. The molecular weight excluding hydrogens is 298 g/mol. The van der Waals surface area contributed by atoms with Gasteiger partial charge in [0.1, 0.15) is 28.5 Å². The second-order valence-electron chi connectivity index (χ2n) is 5.83. The Morgan fingerprint density at radius 3 is 2.65 bits per heavy atom. The van der Waals surface area contributed by atoms with Crippen LogP contribution in [0.1, 0.15) is 42.4 Å². The van der Waals surface area contributed by atoms with Crippen LogP contribution in [0, 0.1) is 20.8 Å². The van der Waals surface area contributed by atoms with Crippen LogP contribution in [-0.4, -0.2) is 22.8 Å². The van der Waals surface area contributed by atoms with Gasteiger partial charge in [-0.3, -0.25) is 0 Å². The Kier molecular flexibility index (Phi) is 4.79. The minimum absolute atomic E-state index is 0.0461. The van der Waals surface area contributed by atoms with Crippen LogP contribution in [0.4, 0.5) is 10.5 Å². The maximum absolute atomic E-state index is 12.1. The van der Waals surface area contributed by atoms with Crippen LogP contribution in [0.5, 0.6) is 0 Å². The van der Waals surface area contributed by atoms with E-state index in [2.05, 4.69) is 15.8 Å². The number of furan rings is 1. The van der Waals surface area contributed by atoms with Gasteiger partial charge in [-0.1, -0.05) is 12.1 Å². The Labute approximate surface area is 135 Å². The van der Waals surface area contributed by atoms with Crippen LogP contribution in [0.15, 0.2) is 15.0 Å². The van der Waals surface area contributed by atoms with E-state index in [4.69, 9.17) is 8.94 Å². The molecule has 1 unspecified atom stereocenters. The Morgan fingerprint density at radius 2 is 2.09 bits per heavy atom. The molecule has 0 aliphatic carbocycles. The summed E-state index contributed by atoms with van der Waals surface area (Å²) < 4.78 is 10.6. The topological polar surface area (TPSA) is 101 Å². The first-order valence-electron chi connectivity index (χ1n) is 7.54. The third kappa shape index (κ3) is 3.73. The number of carbonyl (C=O) groups excluding carboxylic acids is 1. The van der Waals surface area contributed by atoms with Crippen molar-refractivity contribution in [3.63, 3.8) is 0 Å². The molecule has 2 amide bonds. The fraction of sp³-hybridized carbons (Fsp3) is 0.500. The van der Waals surface area contributed by atoms with E-state index in [1.54, 1.807) is 26.8 Å². The summed E-state index contributed by atoms with van der Waals surface area (Å²) in [7, 11) is 0. The summed E-state index contributed by atoms with van der Waals surface area (Å²) in [5, 5.41) is 19.8. The molecule has 7 heteroatoms. The quantitative estimate of drug-likeness (QED) is 0.786. The molecule has 2 rings (SSSR count). The van der Waals surface area contributed by atoms with E-state index in [0.29, 0.717) is 34.9 Å². The monoisotopic (exact) mass is 321 g/mol. The molecular formula is C16H23N3O4. The van der Waals surface area contributed by atoms with Crippen molar-refractivity contribution in [2.24, 2.45) is 0 Å². The minimum atomic E-state index is -1.23. The van der Waals surface area contributed by atoms with Gasteiger partial charge in [0.25, 0.3) is 0 Å². The van der Waals surface area contributed by atoms with Crippen molar-refractivity contribution >= 4 is 11.7 Å². The fourth-order valence-electron chi connectivity index (χ4n) is 2.49. The lowest BCUT2D eigenvalue weighted by atomic mass is 9.96. The normalized spacial score (nSPS) is 13.7. The number of carbonyl (C=O) groups is 1. The highest BCUT2D eigenvalue weighted by Gasteiger charge is 2.28. The standard InChI is InChI=1S/C16H23N3O4/c1-6-13-14(10(3)19-23-13)18-15(20)17-8-16(5,21)12-7-9(2)22-11(12)4/h7,21H,6,8H2,1-5H3,(H2,17,18,20). The molecule has 0 spiro atoms. The number of nitrogens with one attached hydrogen (secondary N) is 2. The number of hydrogen-bond donors (Lipinski definition) is 3. The zero-order valence-electron chi connectivity index (χ0n) is 14.1. The lowest BCUT2D eigenvalue weighted by Gasteiger charge is -2.23. The summed E-state index contributed by atoms with van der Waals surface area (Å²) in [6, 6.07) is 1.35. The number of hydrogen-bond acceptors (Lipinski definition) is 5. The number of aliphatic hydroxyl groups is 1. The molecule has 2 aromatic rings.